The lowest BCUT2D eigenvalue weighted by atomic mass is 10.1. The molecule has 0 radical (unpaired) electrons. The fraction of sp³-hybridized carbons (Fsp3) is 0.150. The molecule has 7 nitrogen and oxygen atoms in total. The van der Waals surface area contributed by atoms with E-state index in [9.17, 15) is 4.79 Å². The summed E-state index contributed by atoms with van der Waals surface area (Å²) in [6.45, 7) is 3.85. The minimum atomic E-state index is -0.638. The van der Waals surface area contributed by atoms with E-state index >= 15 is 0 Å². The van der Waals surface area contributed by atoms with Gasteiger partial charge in [0.05, 0.1) is 10.4 Å². The summed E-state index contributed by atoms with van der Waals surface area (Å²) < 4.78 is 11.8. The molecular formula is C20H14BrClN4O3S. The molecule has 2 aromatic carbocycles. The highest BCUT2D eigenvalue weighted by Crippen LogP contribution is 2.42. The molecule has 10 heteroatoms. The predicted molar refractivity (Wildman–Crippen MR) is 119 cm³/mol. The Bertz CT molecular complexity index is 1250. The molecule has 2 aromatic rings. The van der Waals surface area contributed by atoms with Crippen molar-refractivity contribution in [3.05, 3.63) is 68.6 Å². The molecule has 0 fully saturated rings. The summed E-state index contributed by atoms with van der Waals surface area (Å²) in [7, 11) is 0. The van der Waals surface area contributed by atoms with E-state index in [-0.39, 0.29) is 12.7 Å². The number of hydrogen-bond donors (Lipinski definition) is 1. The monoisotopic (exact) mass is 504 g/mol. The lowest BCUT2D eigenvalue weighted by Gasteiger charge is -2.34. The van der Waals surface area contributed by atoms with Gasteiger partial charge in [0.1, 0.15) is 5.70 Å². The summed E-state index contributed by atoms with van der Waals surface area (Å²) in [6.07, 6.45) is 1.11. The molecule has 0 saturated carbocycles. The normalized spacial score (nSPS) is 18.8. The SMILES string of the molecule is C=CCSC1=NN2C(=c3cc(Br)ccc3=N[C@@H]2c2cc3c(cc2Cl)OCO3)C(=O)N1. The number of rotatable bonds is 3. The van der Waals surface area contributed by atoms with Gasteiger partial charge in [0.25, 0.3) is 5.91 Å². The second-order valence-corrected chi connectivity index (χ2v) is 8.87. The standard InChI is InChI=1S/C20H14BrClN4O3S/c1-2-5-30-20-24-19(27)17-12-6-10(21)3-4-14(12)23-18(26(17)25-20)11-7-15-16(8-13(11)22)29-9-28-15/h2-4,6-8,18H,1,5,9H2,(H,24,25,27)/t18-/m0/s1. The maximum absolute atomic E-state index is 13.1. The third kappa shape index (κ3) is 3.27. The highest BCUT2D eigenvalue weighted by Gasteiger charge is 2.36. The molecular weight excluding hydrogens is 492 g/mol. The van der Waals surface area contributed by atoms with Gasteiger partial charge in [-0.25, -0.2) is 5.01 Å². The molecule has 1 amide bonds. The largest absolute Gasteiger partial charge is 0.454 e. The predicted octanol–water partition coefficient (Wildman–Crippen LogP) is 2.89. The molecule has 3 heterocycles. The topological polar surface area (TPSA) is 75.5 Å². The van der Waals surface area contributed by atoms with Gasteiger partial charge in [0, 0.05) is 27.1 Å². The van der Waals surface area contributed by atoms with E-state index in [1.807, 2.05) is 18.2 Å². The van der Waals surface area contributed by atoms with Gasteiger partial charge in [-0.1, -0.05) is 45.4 Å². The summed E-state index contributed by atoms with van der Waals surface area (Å²) in [5, 5.41) is 11.4. The van der Waals surface area contributed by atoms with Crippen molar-refractivity contribution in [3.63, 3.8) is 0 Å². The molecule has 1 N–H and O–H groups in total. The minimum absolute atomic E-state index is 0.137. The number of carbonyl (C=O) groups is 1. The second kappa shape index (κ2) is 7.64. The highest BCUT2D eigenvalue weighted by molar-refractivity contribution is 9.10. The van der Waals surface area contributed by atoms with E-state index in [2.05, 4.69) is 32.9 Å². The van der Waals surface area contributed by atoms with E-state index in [0.717, 1.165) is 4.47 Å². The number of nitrogens with zero attached hydrogens (tertiary/aromatic N) is 3. The van der Waals surface area contributed by atoms with Crippen LogP contribution in [0.15, 0.2) is 57.6 Å². The molecule has 0 aliphatic carbocycles. The van der Waals surface area contributed by atoms with Crippen LogP contribution in [0.1, 0.15) is 11.7 Å². The first-order chi connectivity index (χ1) is 14.5. The fourth-order valence-electron chi connectivity index (χ4n) is 3.39. The summed E-state index contributed by atoms with van der Waals surface area (Å²) in [5.41, 5.74) is 1.07. The lowest BCUT2D eigenvalue weighted by molar-refractivity contribution is -0.116. The van der Waals surface area contributed by atoms with Crippen molar-refractivity contribution < 1.29 is 14.3 Å². The van der Waals surface area contributed by atoms with Crippen LogP contribution < -0.4 is 25.4 Å². The van der Waals surface area contributed by atoms with Gasteiger partial charge in [-0.2, -0.15) is 0 Å². The molecule has 0 unspecified atom stereocenters. The smallest absolute Gasteiger partial charge is 0.276 e. The van der Waals surface area contributed by atoms with Crippen LogP contribution in [-0.2, 0) is 4.79 Å². The number of benzene rings is 2. The zero-order valence-electron chi connectivity index (χ0n) is 15.4. The third-order valence-electron chi connectivity index (χ3n) is 4.68. The average Bonchev–Trinajstić information content (AvgIpc) is 3.18. The third-order valence-corrected chi connectivity index (χ3v) is 6.36. The van der Waals surface area contributed by atoms with Gasteiger partial charge < -0.3 is 9.47 Å². The van der Waals surface area contributed by atoms with E-state index in [1.165, 1.54) is 11.8 Å². The van der Waals surface area contributed by atoms with Crippen molar-refractivity contribution in [1.82, 2.24) is 10.3 Å². The Morgan fingerprint density at radius 1 is 1.33 bits per heavy atom. The van der Waals surface area contributed by atoms with Crippen LogP contribution in [-0.4, -0.2) is 28.6 Å². The van der Waals surface area contributed by atoms with E-state index in [4.69, 9.17) is 26.1 Å². The first-order valence-electron chi connectivity index (χ1n) is 8.95. The van der Waals surface area contributed by atoms with Gasteiger partial charge >= 0.3 is 0 Å². The molecule has 0 spiro atoms. The Hall–Kier alpha value is -2.49. The van der Waals surface area contributed by atoms with Gasteiger partial charge in [-0.05, 0) is 24.3 Å². The zero-order valence-corrected chi connectivity index (χ0v) is 18.6. The number of fused-ring (bicyclic) bond motifs is 3. The molecule has 1 atom stereocenters. The maximum Gasteiger partial charge on any atom is 0.276 e. The first-order valence-corrected chi connectivity index (χ1v) is 11.1. The number of amidine groups is 1. The maximum atomic E-state index is 13.1. The van der Waals surface area contributed by atoms with Crippen LogP contribution in [0.3, 0.4) is 0 Å². The molecule has 0 bridgehead atoms. The Morgan fingerprint density at radius 2 is 2.13 bits per heavy atom. The van der Waals surface area contributed by atoms with Crippen LogP contribution in [0.2, 0.25) is 5.02 Å². The number of halogens is 2. The van der Waals surface area contributed by atoms with Crippen LogP contribution in [0, 0.1) is 0 Å². The first kappa shape index (κ1) is 19.5. The van der Waals surface area contributed by atoms with E-state index in [1.54, 1.807) is 23.2 Å². The van der Waals surface area contributed by atoms with E-state index < -0.39 is 6.17 Å². The van der Waals surface area contributed by atoms with Crippen LogP contribution >= 0.6 is 39.3 Å². The number of hydrogen-bond acceptors (Lipinski definition) is 7. The molecule has 3 aliphatic heterocycles. The van der Waals surface area contributed by atoms with Gasteiger partial charge in [0.2, 0.25) is 6.79 Å². The number of carbonyl (C=O) groups excluding carboxylic acids is 1. The number of hydrazone groups is 1. The molecule has 0 saturated heterocycles. The summed E-state index contributed by atoms with van der Waals surface area (Å²) in [5.74, 6) is 1.51. The van der Waals surface area contributed by atoms with Crippen molar-refractivity contribution >= 4 is 56.1 Å². The Morgan fingerprint density at radius 3 is 2.93 bits per heavy atom. The van der Waals surface area contributed by atoms with E-state index in [0.29, 0.717) is 49.3 Å². The lowest BCUT2D eigenvalue weighted by Crippen LogP contribution is -2.50. The average molecular weight is 506 g/mol. The molecule has 152 valence electrons. The summed E-state index contributed by atoms with van der Waals surface area (Å²) in [6, 6.07) is 9.09. The van der Waals surface area contributed by atoms with Gasteiger partial charge in [-0.3, -0.25) is 15.1 Å². The molecule has 5 rings (SSSR count). The van der Waals surface area contributed by atoms with Crippen molar-refractivity contribution in [2.24, 2.45) is 10.1 Å². The van der Waals surface area contributed by atoms with Crippen LogP contribution in [0.25, 0.3) is 5.70 Å². The van der Waals surface area contributed by atoms with Gasteiger partial charge in [-0.15, -0.1) is 11.7 Å². The van der Waals surface area contributed by atoms with Crippen molar-refractivity contribution in [2.45, 2.75) is 6.17 Å². The number of ether oxygens (including phenoxy) is 2. The molecule has 0 aromatic heterocycles. The Labute approximate surface area is 189 Å². The number of amides is 1. The number of nitrogens with one attached hydrogen (secondary N) is 1. The van der Waals surface area contributed by atoms with Crippen LogP contribution in [0.4, 0.5) is 0 Å². The van der Waals surface area contributed by atoms with Crippen molar-refractivity contribution in [1.29, 1.82) is 0 Å². The summed E-state index contributed by atoms with van der Waals surface area (Å²) >= 11 is 11.4. The zero-order chi connectivity index (χ0) is 20.8. The van der Waals surface area contributed by atoms with Crippen molar-refractivity contribution in [2.75, 3.05) is 12.5 Å². The fourth-order valence-corrected chi connectivity index (χ4v) is 4.59. The second-order valence-electron chi connectivity index (χ2n) is 6.54. The Kier molecular flexibility index (Phi) is 4.96. The molecule has 3 aliphatic rings. The van der Waals surface area contributed by atoms with Gasteiger partial charge in [0.15, 0.2) is 22.8 Å². The highest BCUT2D eigenvalue weighted by atomic mass is 79.9. The van der Waals surface area contributed by atoms with Crippen molar-refractivity contribution in [3.8, 4) is 11.5 Å². The minimum Gasteiger partial charge on any atom is -0.454 e. The molecule has 30 heavy (non-hydrogen) atoms. The number of thioether (sulfide) groups is 1. The quantitative estimate of drug-likeness (QED) is 0.649. The summed E-state index contributed by atoms with van der Waals surface area (Å²) in [4.78, 5) is 17.9. The Balaban J connectivity index is 1.73. The van der Waals surface area contributed by atoms with Crippen LogP contribution in [0.5, 0.6) is 11.5 Å².